The number of nitrogens with zero attached hydrogens (tertiary/aromatic N) is 3. The van der Waals surface area contributed by atoms with Crippen LogP contribution >= 0.6 is 0 Å². The molecule has 4 heterocycles. The van der Waals surface area contributed by atoms with Crippen LogP contribution in [0.25, 0.3) is 0 Å². The lowest BCUT2D eigenvalue weighted by atomic mass is 9.74. The van der Waals surface area contributed by atoms with Gasteiger partial charge in [-0.1, -0.05) is 0 Å². The molecule has 2 aliphatic carbocycles. The third kappa shape index (κ3) is 3.93. The summed E-state index contributed by atoms with van der Waals surface area (Å²) < 4.78 is 11.1. The lowest BCUT2D eigenvalue weighted by Gasteiger charge is -2.34. The molecule has 5 aliphatic rings. The SMILES string of the molecule is COc1ccc2c(c1)[C@]1(C[C@H]1C1CCC3C(C1)NNC3Nc1cc(N3CCCOCC3)ncn1)C(=O)N2. The molecule has 2 saturated heterocycles. The first-order valence-electron chi connectivity index (χ1n) is 13.6. The number of hydrazine groups is 1. The second kappa shape index (κ2) is 9.11. The second-order valence-electron chi connectivity index (χ2n) is 11.1. The smallest absolute Gasteiger partial charge is 0.235 e. The fourth-order valence-electron chi connectivity index (χ4n) is 7.25. The predicted molar refractivity (Wildman–Crippen MR) is 139 cm³/mol. The van der Waals surface area contributed by atoms with Gasteiger partial charge >= 0.3 is 0 Å². The van der Waals surface area contributed by atoms with E-state index in [0.717, 1.165) is 87.0 Å². The van der Waals surface area contributed by atoms with Crippen molar-refractivity contribution in [3.8, 4) is 5.75 Å². The zero-order valence-electron chi connectivity index (χ0n) is 21.2. The van der Waals surface area contributed by atoms with Crippen molar-refractivity contribution in [1.82, 2.24) is 20.8 Å². The lowest BCUT2D eigenvalue weighted by molar-refractivity contribution is -0.118. The second-order valence-corrected chi connectivity index (χ2v) is 11.1. The minimum atomic E-state index is -0.374. The summed E-state index contributed by atoms with van der Waals surface area (Å²) in [6.45, 7) is 3.34. The molecule has 0 radical (unpaired) electrons. The zero-order valence-corrected chi connectivity index (χ0v) is 21.2. The van der Waals surface area contributed by atoms with Gasteiger partial charge in [-0.15, -0.1) is 0 Å². The highest BCUT2D eigenvalue weighted by Gasteiger charge is 2.67. The fourth-order valence-corrected chi connectivity index (χ4v) is 7.25. The number of fused-ring (bicyclic) bond motifs is 3. The van der Waals surface area contributed by atoms with Gasteiger partial charge in [0.1, 0.15) is 23.7 Å². The van der Waals surface area contributed by atoms with Crippen molar-refractivity contribution < 1.29 is 14.3 Å². The summed E-state index contributed by atoms with van der Waals surface area (Å²) in [6.07, 6.45) is 6.99. The van der Waals surface area contributed by atoms with Crippen LogP contribution in [-0.4, -0.2) is 61.5 Å². The Balaban J connectivity index is 1.01. The van der Waals surface area contributed by atoms with Crippen LogP contribution in [0.1, 0.15) is 37.7 Å². The molecule has 7 rings (SSSR count). The van der Waals surface area contributed by atoms with Crippen LogP contribution in [-0.2, 0) is 14.9 Å². The Morgan fingerprint density at radius 3 is 3.03 bits per heavy atom. The van der Waals surface area contributed by atoms with E-state index in [0.29, 0.717) is 23.8 Å². The summed E-state index contributed by atoms with van der Waals surface area (Å²) in [5.74, 6) is 4.13. The van der Waals surface area contributed by atoms with Gasteiger partial charge in [-0.05, 0) is 67.7 Å². The van der Waals surface area contributed by atoms with Crippen LogP contribution in [0.15, 0.2) is 30.6 Å². The van der Waals surface area contributed by atoms with E-state index in [1.165, 1.54) is 0 Å². The lowest BCUT2D eigenvalue weighted by Crippen LogP contribution is -2.39. The normalized spacial score (nSPS) is 34.5. The average Bonchev–Trinajstić information content (AvgIpc) is 3.58. The summed E-state index contributed by atoms with van der Waals surface area (Å²) in [4.78, 5) is 24.4. The van der Waals surface area contributed by atoms with Gasteiger partial charge in [-0.3, -0.25) is 10.2 Å². The molecule has 4 unspecified atom stereocenters. The summed E-state index contributed by atoms with van der Waals surface area (Å²) in [7, 11) is 1.68. The molecule has 2 aromatic rings. The molecule has 10 nitrogen and oxygen atoms in total. The van der Waals surface area contributed by atoms with Crippen LogP contribution in [0.2, 0.25) is 0 Å². The van der Waals surface area contributed by atoms with Gasteiger partial charge in [-0.25, -0.2) is 15.4 Å². The number of carbonyl (C=O) groups excluding carboxylic acids is 1. The van der Waals surface area contributed by atoms with E-state index in [2.05, 4.69) is 42.4 Å². The number of nitrogens with one attached hydrogen (secondary N) is 4. The maximum Gasteiger partial charge on any atom is 0.235 e. The number of methoxy groups -OCH3 is 1. The van der Waals surface area contributed by atoms with Gasteiger partial charge in [-0.2, -0.15) is 0 Å². The van der Waals surface area contributed by atoms with Gasteiger partial charge in [0.15, 0.2) is 0 Å². The molecule has 6 atom stereocenters. The maximum atomic E-state index is 13.1. The average molecular weight is 506 g/mol. The van der Waals surface area contributed by atoms with Crippen molar-refractivity contribution in [2.45, 2.75) is 49.7 Å². The molecule has 4 N–H and O–H groups in total. The zero-order chi connectivity index (χ0) is 25.0. The number of rotatable bonds is 5. The molecular weight excluding hydrogens is 470 g/mol. The van der Waals surface area contributed by atoms with Gasteiger partial charge in [0, 0.05) is 43.4 Å². The molecular formula is C27H35N7O3. The van der Waals surface area contributed by atoms with E-state index < -0.39 is 0 Å². The number of benzene rings is 1. The van der Waals surface area contributed by atoms with Gasteiger partial charge in [0.25, 0.3) is 0 Å². The monoisotopic (exact) mass is 505 g/mol. The first-order valence-corrected chi connectivity index (χ1v) is 13.6. The minimum absolute atomic E-state index is 0.106. The van der Waals surface area contributed by atoms with Gasteiger partial charge in [0.05, 0.1) is 25.3 Å². The Bertz CT molecular complexity index is 1190. The highest BCUT2D eigenvalue weighted by atomic mass is 16.5. The van der Waals surface area contributed by atoms with E-state index in [1.54, 1.807) is 13.4 Å². The number of aromatic nitrogens is 2. The van der Waals surface area contributed by atoms with Crippen LogP contribution in [0.5, 0.6) is 5.75 Å². The molecule has 37 heavy (non-hydrogen) atoms. The first-order chi connectivity index (χ1) is 18.2. The quantitative estimate of drug-likeness (QED) is 0.486. The standard InChI is InChI=1S/C27H35N7O3/c1-36-17-4-6-21-19(12-17)27(26(35)30-21)14-20(27)16-3-5-18-22(11-16)32-33-25(18)31-23-13-24(29-15-28-23)34-7-2-9-37-10-8-34/h4,6,12-13,15-16,18,20,22,25,32-33H,2-3,5,7-11,14H2,1H3,(H,30,35)(H,28,29,31)/t16?,18?,20-,22?,25?,27-/m0/s1. The number of anilines is 3. The van der Waals surface area contributed by atoms with Crippen LogP contribution < -0.4 is 31.1 Å². The Labute approximate surface area is 216 Å². The van der Waals surface area contributed by atoms with Crippen molar-refractivity contribution in [1.29, 1.82) is 0 Å². The van der Waals surface area contributed by atoms with Gasteiger partial charge < -0.3 is 25.0 Å². The van der Waals surface area contributed by atoms with Crippen LogP contribution in [0.3, 0.4) is 0 Å². The van der Waals surface area contributed by atoms with Crippen molar-refractivity contribution >= 4 is 23.2 Å². The molecule has 10 heteroatoms. The first kappa shape index (κ1) is 23.2. The number of ether oxygens (including phenoxy) is 2. The predicted octanol–water partition coefficient (Wildman–Crippen LogP) is 2.25. The molecule has 1 aromatic carbocycles. The molecule has 2 saturated carbocycles. The largest absolute Gasteiger partial charge is 0.497 e. The van der Waals surface area contributed by atoms with Crippen LogP contribution in [0.4, 0.5) is 17.3 Å². The maximum absolute atomic E-state index is 13.1. The Hall–Kier alpha value is -2.95. The summed E-state index contributed by atoms with van der Waals surface area (Å²) >= 11 is 0. The van der Waals surface area contributed by atoms with Crippen molar-refractivity contribution in [2.24, 2.45) is 17.8 Å². The van der Waals surface area contributed by atoms with E-state index >= 15 is 0 Å². The third-order valence-corrected chi connectivity index (χ3v) is 9.24. The van der Waals surface area contributed by atoms with E-state index in [9.17, 15) is 4.79 Å². The van der Waals surface area contributed by atoms with Crippen LogP contribution in [0, 0.1) is 17.8 Å². The minimum Gasteiger partial charge on any atom is -0.497 e. The fraction of sp³-hybridized carbons (Fsp3) is 0.593. The van der Waals surface area contributed by atoms with Crippen molar-refractivity contribution in [3.63, 3.8) is 0 Å². The topological polar surface area (TPSA) is 113 Å². The Kier molecular flexibility index (Phi) is 5.71. The van der Waals surface area contributed by atoms with E-state index in [4.69, 9.17) is 9.47 Å². The molecule has 1 aromatic heterocycles. The number of hydrogen-bond acceptors (Lipinski definition) is 9. The number of hydrogen-bond donors (Lipinski definition) is 4. The van der Waals surface area contributed by atoms with Crippen molar-refractivity contribution in [2.75, 3.05) is 48.9 Å². The summed E-state index contributed by atoms with van der Waals surface area (Å²) in [5, 5.41) is 6.74. The number of amides is 1. The number of carbonyl (C=O) groups is 1. The summed E-state index contributed by atoms with van der Waals surface area (Å²) in [6, 6.07) is 8.37. The Morgan fingerprint density at radius 1 is 1.16 bits per heavy atom. The molecule has 1 amide bonds. The molecule has 0 bridgehead atoms. The molecule has 3 aliphatic heterocycles. The van der Waals surface area contributed by atoms with E-state index in [1.807, 2.05) is 18.2 Å². The molecule has 4 fully saturated rings. The molecule has 196 valence electrons. The van der Waals surface area contributed by atoms with Crippen molar-refractivity contribution in [3.05, 3.63) is 36.2 Å². The molecule has 1 spiro atoms. The third-order valence-electron chi connectivity index (χ3n) is 9.24. The van der Waals surface area contributed by atoms with Gasteiger partial charge in [0.2, 0.25) is 5.91 Å². The summed E-state index contributed by atoms with van der Waals surface area (Å²) in [5.41, 5.74) is 8.73. The van der Waals surface area contributed by atoms with E-state index in [-0.39, 0.29) is 17.5 Å². The highest BCUT2D eigenvalue weighted by molar-refractivity contribution is 6.09. The highest BCUT2D eigenvalue weighted by Crippen LogP contribution is 2.65. The Morgan fingerprint density at radius 2 is 2.11 bits per heavy atom.